The number of nitrogens with one attached hydrogen (secondary N) is 3. The molecule has 8 nitrogen and oxygen atoms in total. The molecule has 2 rings (SSSR count). The number of sulfonamides is 1. The Kier molecular flexibility index (Phi) is 8.75. The summed E-state index contributed by atoms with van der Waals surface area (Å²) in [5.74, 6) is 1.63. The standard InChI is InChI=1S/C20H28N4O4S/c1-4-28-18-11-10-17(14-19(18)27-3)24-20(21-2)22-12-13-29(25,26)23-15-16-8-6-5-7-9-16/h5-11,14,23H,4,12-13,15H2,1-3H3,(H2,21,22,24). The van der Waals surface area contributed by atoms with Crippen molar-refractivity contribution < 1.29 is 17.9 Å². The summed E-state index contributed by atoms with van der Waals surface area (Å²) in [6.07, 6.45) is 0. The summed E-state index contributed by atoms with van der Waals surface area (Å²) in [7, 11) is -0.225. The van der Waals surface area contributed by atoms with Gasteiger partial charge in [0, 0.05) is 31.9 Å². The molecule has 2 aromatic rings. The van der Waals surface area contributed by atoms with Crippen LogP contribution in [0, 0.1) is 0 Å². The predicted octanol–water partition coefficient (Wildman–Crippen LogP) is 2.20. The number of ether oxygens (including phenoxy) is 2. The Balaban J connectivity index is 1.85. The minimum Gasteiger partial charge on any atom is -0.493 e. The van der Waals surface area contributed by atoms with Gasteiger partial charge in [0.05, 0.1) is 19.5 Å². The number of anilines is 1. The fraction of sp³-hybridized carbons (Fsp3) is 0.350. The van der Waals surface area contributed by atoms with Crippen LogP contribution in [0.1, 0.15) is 12.5 Å². The molecule has 0 saturated heterocycles. The second-order valence-corrected chi connectivity index (χ2v) is 7.97. The Bertz CT molecular complexity index is 902. The van der Waals surface area contributed by atoms with Crippen LogP contribution in [0.25, 0.3) is 0 Å². The summed E-state index contributed by atoms with van der Waals surface area (Å²) in [6.45, 7) is 2.92. The minimum absolute atomic E-state index is 0.0763. The molecule has 0 radical (unpaired) electrons. The van der Waals surface area contributed by atoms with Crippen LogP contribution in [0.2, 0.25) is 0 Å². The number of guanidine groups is 1. The highest BCUT2D eigenvalue weighted by molar-refractivity contribution is 7.89. The van der Waals surface area contributed by atoms with Gasteiger partial charge in [0.2, 0.25) is 10.0 Å². The molecule has 0 amide bonds. The molecule has 0 aliphatic heterocycles. The van der Waals surface area contributed by atoms with E-state index in [1.165, 1.54) is 0 Å². The van der Waals surface area contributed by atoms with E-state index in [9.17, 15) is 8.42 Å². The topological polar surface area (TPSA) is 101 Å². The van der Waals surface area contributed by atoms with Crippen molar-refractivity contribution in [2.24, 2.45) is 4.99 Å². The lowest BCUT2D eigenvalue weighted by molar-refractivity contribution is 0.311. The van der Waals surface area contributed by atoms with Gasteiger partial charge >= 0.3 is 0 Å². The van der Waals surface area contributed by atoms with E-state index in [1.54, 1.807) is 26.3 Å². The van der Waals surface area contributed by atoms with E-state index in [0.29, 0.717) is 24.1 Å². The van der Waals surface area contributed by atoms with Crippen LogP contribution < -0.4 is 24.8 Å². The van der Waals surface area contributed by atoms with Gasteiger partial charge in [-0.25, -0.2) is 13.1 Å². The van der Waals surface area contributed by atoms with Crippen LogP contribution >= 0.6 is 0 Å². The molecular weight excluding hydrogens is 392 g/mol. The SMILES string of the molecule is CCOc1ccc(NC(=NC)NCCS(=O)(=O)NCc2ccccc2)cc1OC. The molecule has 0 aliphatic carbocycles. The number of hydrogen-bond donors (Lipinski definition) is 3. The van der Waals surface area contributed by atoms with Gasteiger partial charge in [0.1, 0.15) is 0 Å². The van der Waals surface area contributed by atoms with Gasteiger partial charge in [0.15, 0.2) is 17.5 Å². The quantitative estimate of drug-likeness (QED) is 0.402. The Labute approximate surface area is 172 Å². The van der Waals surface area contributed by atoms with Crippen molar-refractivity contribution in [2.75, 3.05) is 38.4 Å². The number of hydrogen-bond acceptors (Lipinski definition) is 5. The van der Waals surface area contributed by atoms with Crippen LogP contribution in [0.3, 0.4) is 0 Å². The summed E-state index contributed by atoms with van der Waals surface area (Å²) in [4.78, 5) is 4.12. The third-order valence-electron chi connectivity index (χ3n) is 3.95. The first kappa shape index (κ1) is 22.5. The van der Waals surface area contributed by atoms with Crippen LogP contribution in [0.5, 0.6) is 11.5 Å². The first-order valence-electron chi connectivity index (χ1n) is 9.27. The molecule has 0 heterocycles. The van der Waals surface area contributed by atoms with Crippen LogP contribution in [-0.2, 0) is 16.6 Å². The van der Waals surface area contributed by atoms with Gasteiger partial charge in [-0.15, -0.1) is 0 Å². The second-order valence-electron chi connectivity index (χ2n) is 6.05. The first-order valence-corrected chi connectivity index (χ1v) is 10.9. The molecule has 158 valence electrons. The highest BCUT2D eigenvalue weighted by Crippen LogP contribution is 2.30. The fourth-order valence-corrected chi connectivity index (χ4v) is 3.40. The van der Waals surface area contributed by atoms with Gasteiger partial charge in [-0.3, -0.25) is 4.99 Å². The molecule has 3 N–H and O–H groups in total. The molecule has 0 aliphatic rings. The van der Waals surface area contributed by atoms with Gasteiger partial charge < -0.3 is 20.1 Å². The Morgan fingerprint density at radius 3 is 2.52 bits per heavy atom. The number of aliphatic imine (C=N–C) groups is 1. The molecule has 0 unspecified atom stereocenters. The van der Waals surface area contributed by atoms with Crippen molar-refractivity contribution in [1.29, 1.82) is 0 Å². The summed E-state index contributed by atoms with van der Waals surface area (Å²) >= 11 is 0. The molecule has 2 aromatic carbocycles. The molecular formula is C20H28N4O4S. The lowest BCUT2D eigenvalue weighted by atomic mass is 10.2. The van der Waals surface area contributed by atoms with Crippen molar-refractivity contribution in [1.82, 2.24) is 10.0 Å². The second kappa shape index (κ2) is 11.3. The van der Waals surface area contributed by atoms with E-state index in [2.05, 4.69) is 20.3 Å². The zero-order valence-corrected chi connectivity index (χ0v) is 17.8. The number of nitrogens with zero attached hydrogens (tertiary/aromatic N) is 1. The van der Waals surface area contributed by atoms with E-state index >= 15 is 0 Å². The molecule has 0 atom stereocenters. The molecule has 0 bridgehead atoms. The number of rotatable bonds is 10. The van der Waals surface area contributed by atoms with Crippen molar-refractivity contribution in [3.05, 3.63) is 54.1 Å². The normalized spacial score (nSPS) is 11.8. The van der Waals surface area contributed by atoms with Gasteiger partial charge in [0.25, 0.3) is 0 Å². The van der Waals surface area contributed by atoms with E-state index in [1.807, 2.05) is 43.3 Å². The fourth-order valence-electron chi connectivity index (χ4n) is 2.50. The van der Waals surface area contributed by atoms with Crippen LogP contribution in [-0.4, -0.2) is 47.4 Å². The minimum atomic E-state index is -3.41. The van der Waals surface area contributed by atoms with E-state index in [0.717, 1.165) is 11.3 Å². The first-order chi connectivity index (χ1) is 14.0. The van der Waals surface area contributed by atoms with E-state index in [4.69, 9.17) is 9.47 Å². The maximum atomic E-state index is 12.2. The summed E-state index contributed by atoms with van der Waals surface area (Å²) in [5.41, 5.74) is 1.65. The van der Waals surface area contributed by atoms with Crippen LogP contribution in [0.15, 0.2) is 53.5 Å². The third-order valence-corrected chi connectivity index (χ3v) is 5.28. The molecule has 0 aromatic heterocycles. The van der Waals surface area contributed by atoms with Gasteiger partial charge in [-0.2, -0.15) is 0 Å². The largest absolute Gasteiger partial charge is 0.493 e. The monoisotopic (exact) mass is 420 g/mol. The highest BCUT2D eigenvalue weighted by atomic mass is 32.2. The predicted molar refractivity (Wildman–Crippen MR) is 116 cm³/mol. The maximum absolute atomic E-state index is 12.2. The van der Waals surface area contributed by atoms with Crippen molar-refractivity contribution in [3.8, 4) is 11.5 Å². The summed E-state index contributed by atoms with van der Waals surface area (Å²) in [5, 5.41) is 6.10. The average Bonchev–Trinajstić information content (AvgIpc) is 2.73. The molecule has 0 saturated carbocycles. The number of methoxy groups -OCH3 is 1. The third kappa shape index (κ3) is 7.63. The maximum Gasteiger partial charge on any atom is 0.213 e. The molecule has 0 fully saturated rings. The van der Waals surface area contributed by atoms with Crippen molar-refractivity contribution in [3.63, 3.8) is 0 Å². The van der Waals surface area contributed by atoms with Crippen molar-refractivity contribution >= 4 is 21.7 Å². The average molecular weight is 421 g/mol. The van der Waals surface area contributed by atoms with E-state index in [-0.39, 0.29) is 18.8 Å². The lowest BCUT2D eigenvalue weighted by Crippen LogP contribution is -2.37. The Hall–Kier alpha value is -2.78. The zero-order chi connectivity index (χ0) is 21.1. The Morgan fingerprint density at radius 2 is 1.86 bits per heavy atom. The summed E-state index contributed by atoms with van der Waals surface area (Å²) < 4.78 is 37.8. The van der Waals surface area contributed by atoms with Crippen molar-refractivity contribution in [2.45, 2.75) is 13.5 Å². The lowest BCUT2D eigenvalue weighted by Gasteiger charge is -2.15. The molecule has 0 spiro atoms. The van der Waals surface area contributed by atoms with Gasteiger partial charge in [-0.1, -0.05) is 30.3 Å². The van der Waals surface area contributed by atoms with Gasteiger partial charge in [-0.05, 0) is 24.6 Å². The van der Waals surface area contributed by atoms with Crippen LogP contribution in [0.4, 0.5) is 5.69 Å². The van der Waals surface area contributed by atoms with E-state index < -0.39 is 10.0 Å². The highest BCUT2D eigenvalue weighted by Gasteiger charge is 2.11. The molecule has 9 heteroatoms. The summed E-state index contributed by atoms with van der Waals surface area (Å²) in [6, 6.07) is 14.8. The smallest absolute Gasteiger partial charge is 0.213 e. The zero-order valence-electron chi connectivity index (χ0n) is 16.9. The molecule has 29 heavy (non-hydrogen) atoms. The Morgan fingerprint density at radius 1 is 1.10 bits per heavy atom. The number of benzene rings is 2.